The number of sulfonamides is 1. The molecule has 2 aliphatic rings. The molecule has 0 bridgehead atoms. The van der Waals surface area contributed by atoms with Crippen molar-refractivity contribution < 1.29 is 8.42 Å². The molecule has 0 saturated carbocycles. The number of hydrogen-bond donors (Lipinski definition) is 0. The molecule has 1 unspecified atom stereocenters. The number of fused-ring (bicyclic) bond motifs is 2. The van der Waals surface area contributed by atoms with Crippen LogP contribution in [0, 0.1) is 13.8 Å². The quantitative estimate of drug-likeness (QED) is 0.827. The molecule has 25 heavy (non-hydrogen) atoms. The van der Waals surface area contributed by atoms with E-state index in [1.54, 1.807) is 10.4 Å². The zero-order chi connectivity index (χ0) is 17.6. The molecule has 0 amide bonds. The number of rotatable bonds is 2. The number of aryl methyl sites for hydroxylation is 2. The molecule has 1 fully saturated rings. The molecular formula is C20H24N2O2S. The Kier molecular flexibility index (Phi) is 4.08. The first kappa shape index (κ1) is 16.6. The predicted octanol–water partition coefficient (Wildman–Crippen LogP) is 3.48. The van der Waals surface area contributed by atoms with E-state index in [-0.39, 0.29) is 0 Å². The summed E-state index contributed by atoms with van der Waals surface area (Å²) in [5, 5.41) is 0. The maximum absolute atomic E-state index is 13.6. The van der Waals surface area contributed by atoms with Crippen molar-refractivity contribution in [2.24, 2.45) is 0 Å². The van der Waals surface area contributed by atoms with Crippen molar-refractivity contribution in [1.82, 2.24) is 4.90 Å². The van der Waals surface area contributed by atoms with Crippen molar-refractivity contribution in [3.8, 4) is 0 Å². The summed E-state index contributed by atoms with van der Waals surface area (Å²) < 4.78 is 28.8. The molecule has 2 heterocycles. The number of hydrogen-bond acceptors (Lipinski definition) is 3. The highest BCUT2D eigenvalue weighted by Gasteiger charge is 2.36. The van der Waals surface area contributed by atoms with Gasteiger partial charge in [-0.3, -0.25) is 9.21 Å². The minimum absolute atomic E-state index is 0.298. The molecule has 1 atom stereocenters. The van der Waals surface area contributed by atoms with Gasteiger partial charge in [-0.25, -0.2) is 8.42 Å². The molecule has 4 nitrogen and oxygen atoms in total. The minimum Gasteiger partial charge on any atom is -0.294 e. The summed E-state index contributed by atoms with van der Waals surface area (Å²) in [6.45, 7) is 6.23. The van der Waals surface area contributed by atoms with Gasteiger partial charge in [0.05, 0.1) is 10.6 Å². The van der Waals surface area contributed by atoms with Gasteiger partial charge in [-0.1, -0.05) is 30.3 Å². The van der Waals surface area contributed by atoms with Gasteiger partial charge in [0.15, 0.2) is 0 Å². The SMILES string of the molecule is Cc1ccc(C)c(S(=O)(=O)N2CC3CCCN3Cc3ccccc32)c1. The maximum Gasteiger partial charge on any atom is 0.264 e. The molecule has 0 N–H and O–H groups in total. The van der Waals surface area contributed by atoms with E-state index >= 15 is 0 Å². The van der Waals surface area contributed by atoms with Gasteiger partial charge in [-0.2, -0.15) is 0 Å². The molecule has 4 rings (SSSR count). The summed E-state index contributed by atoms with van der Waals surface area (Å²) in [6.07, 6.45) is 2.21. The van der Waals surface area contributed by atoms with E-state index in [2.05, 4.69) is 11.0 Å². The molecule has 0 radical (unpaired) electrons. The van der Waals surface area contributed by atoms with E-state index in [1.165, 1.54) is 0 Å². The van der Waals surface area contributed by atoms with Crippen LogP contribution in [0.4, 0.5) is 5.69 Å². The van der Waals surface area contributed by atoms with Crippen LogP contribution in [0.15, 0.2) is 47.4 Å². The monoisotopic (exact) mass is 356 g/mol. The first-order chi connectivity index (χ1) is 12.0. The summed E-state index contributed by atoms with van der Waals surface area (Å²) in [6, 6.07) is 13.9. The molecule has 2 aromatic rings. The fraction of sp³-hybridized carbons (Fsp3) is 0.400. The highest BCUT2D eigenvalue weighted by Crippen LogP contribution is 2.35. The molecular weight excluding hydrogens is 332 g/mol. The van der Waals surface area contributed by atoms with E-state index in [1.807, 2.05) is 44.2 Å². The number of para-hydroxylation sites is 1. The van der Waals surface area contributed by atoms with Crippen LogP contribution < -0.4 is 4.31 Å². The average Bonchev–Trinajstić information content (AvgIpc) is 2.95. The third-order valence-corrected chi connectivity index (χ3v) is 7.34. The molecule has 0 aliphatic carbocycles. The second-order valence-corrected chi connectivity index (χ2v) is 9.03. The molecule has 5 heteroatoms. The third-order valence-electron chi connectivity index (χ3n) is 5.42. The number of nitrogens with zero attached hydrogens (tertiary/aromatic N) is 2. The van der Waals surface area contributed by atoms with Gasteiger partial charge >= 0.3 is 0 Å². The maximum atomic E-state index is 13.6. The standard InChI is InChI=1S/C20H24N2O2S/c1-15-9-10-16(2)20(12-15)25(23,24)22-14-18-7-5-11-21(18)13-17-6-3-4-8-19(17)22/h3-4,6,8-10,12,18H,5,7,11,13-14H2,1-2H3. The lowest BCUT2D eigenvalue weighted by atomic mass is 10.2. The summed E-state index contributed by atoms with van der Waals surface area (Å²) in [7, 11) is -3.58. The first-order valence-corrected chi connectivity index (χ1v) is 10.3. The van der Waals surface area contributed by atoms with Gasteiger partial charge in [0, 0.05) is 19.1 Å². The average molecular weight is 356 g/mol. The first-order valence-electron chi connectivity index (χ1n) is 8.89. The Morgan fingerprint density at radius 3 is 2.72 bits per heavy atom. The van der Waals surface area contributed by atoms with Crippen molar-refractivity contribution in [1.29, 1.82) is 0 Å². The second-order valence-electron chi connectivity index (χ2n) is 7.20. The lowest BCUT2D eigenvalue weighted by molar-refractivity contribution is 0.257. The van der Waals surface area contributed by atoms with Crippen molar-refractivity contribution in [2.45, 2.75) is 44.2 Å². The zero-order valence-corrected chi connectivity index (χ0v) is 15.6. The van der Waals surface area contributed by atoms with Crippen molar-refractivity contribution in [3.63, 3.8) is 0 Å². The minimum atomic E-state index is -3.58. The largest absolute Gasteiger partial charge is 0.294 e. The molecule has 132 valence electrons. The van der Waals surface area contributed by atoms with Crippen molar-refractivity contribution >= 4 is 15.7 Å². The third kappa shape index (κ3) is 2.85. The normalized spacial score (nSPS) is 20.9. The Labute approximate surface area is 150 Å². The molecule has 0 aromatic heterocycles. The molecule has 2 aliphatic heterocycles. The van der Waals surface area contributed by atoms with E-state index in [0.717, 1.165) is 48.3 Å². The Bertz CT molecular complexity index is 908. The van der Waals surface area contributed by atoms with Gasteiger partial charge in [0.25, 0.3) is 10.0 Å². The van der Waals surface area contributed by atoms with E-state index < -0.39 is 10.0 Å². The van der Waals surface area contributed by atoms with Gasteiger partial charge in [0.2, 0.25) is 0 Å². The van der Waals surface area contributed by atoms with E-state index in [4.69, 9.17) is 0 Å². The highest BCUT2D eigenvalue weighted by atomic mass is 32.2. The van der Waals surface area contributed by atoms with Gasteiger partial charge < -0.3 is 0 Å². The van der Waals surface area contributed by atoms with Gasteiger partial charge in [-0.15, -0.1) is 0 Å². The topological polar surface area (TPSA) is 40.6 Å². The second kappa shape index (κ2) is 6.15. The van der Waals surface area contributed by atoms with Crippen LogP contribution >= 0.6 is 0 Å². The van der Waals surface area contributed by atoms with Crippen LogP contribution in [0.1, 0.15) is 29.5 Å². The summed E-state index contributed by atoms with van der Waals surface area (Å²) in [4.78, 5) is 2.85. The van der Waals surface area contributed by atoms with Gasteiger partial charge in [-0.05, 0) is 62.1 Å². The van der Waals surface area contributed by atoms with Crippen LogP contribution in [0.5, 0.6) is 0 Å². The molecule has 1 saturated heterocycles. The van der Waals surface area contributed by atoms with Crippen LogP contribution in [-0.4, -0.2) is 32.4 Å². The van der Waals surface area contributed by atoms with Crippen molar-refractivity contribution in [3.05, 3.63) is 59.2 Å². The van der Waals surface area contributed by atoms with Gasteiger partial charge in [0.1, 0.15) is 0 Å². The highest BCUT2D eigenvalue weighted by molar-refractivity contribution is 7.92. The summed E-state index contributed by atoms with van der Waals surface area (Å²) in [5.41, 5.74) is 3.70. The fourth-order valence-corrected chi connectivity index (χ4v) is 5.89. The Morgan fingerprint density at radius 1 is 1.08 bits per heavy atom. The van der Waals surface area contributed by atoms with E-state index in [0.29, 0.717) is 17.5 Å². The fourth-order valence-electron chi connectivity index (χ4n) is 4.04. The van der Waals surface area contributed by atoms with E-state index in [9.17, 15) is 8.42 Å². The van der Waals surface area contributed by atoms with Crippen LogP contribution in [0.3, 0.4) is 0 Å². The number of anilines is 1. The Balaban J connectivity index is 1.86. The lowest BCUT2D eigenvalue weighted by Gasteiger charge is -2.28. The Morgan fingerprint density at radius 2 is 1.88 bits per heavy atom. The summed E-state index contributed by atoms with van der Waals surface area (Å²) >= 11 is 0. The summed E-state index contributed by atoms with van der Waals surface area (Å²) in [5.74, 6) is 0. The number of benzene rings is 2. The predicted molar refractivity (Wildman–Crippen MR) is 100 cm³/mol. The Hall–Kier alpha value is -1.85. The van der Waals surface area contributed by atoms with Crippen LogP contribution in [0.25, 0.3) is 0 Å². The smallest absolute Gasteiger partial charge is 0.264 e. The van der Waals surface area contributed by atoms with Crippen LogP contribution in [0.2, 0.25) is 0 Å². The van der Waals surface area contributed by atoms with Crippen molar-refractivity contribution in [2.75, 3.05) is 17.4 Å². The molecule has 2 aromatic carbocycles. The zero-order valence-electron chi connectivity index (χ0n) is 14.8. The molecule has 0 spiro atoms. The van der Waals surface area contributed by atoms with Crippen LogP contribution in [-0.2, 0) is 16.6 Å². The lowest BCUT2D eigenvalue weighted by Crippen LogP contribution is -2.40.